The van der Waals surface area contributed by atoms with Crippen LogP contribution in [0, 0.1) is 0 Å². The summed E-state index contributed by atoms with van der Waals surface area (Å²) >= 11 is 0. The molecule has 0 radical (unpaired) electrons. The third kappa shape index (κ3) is 6.01. The van der Waals surface area contributed by atoms with Crippen LogP contribution in [0.15, 0.2) is 48.7 Å². The number of rotatable bonds is 4. The fourth-order valence-electron chi connectivity index (χ4n) is 4.62. The molecule has 1 aliphatic carbocycles. The maximum Gasteiger partial charge on any atom is 0.419 e. The van der Waals surface area contributed by atoms with Crippen LogP contribution in [0.1, 0.15) is 71.1 Å². The zero-order chi connectivity index (χ0) is 27.8. The number of Topliss-reactive ketones (excluding diaryl/α,β-unsaturated/α-hetero) is 1. The molecule has 1 unspecified atom stereocenters. The van der Waals surface area contributed by atoms with Crippen molar-refractivity contribution in [2.45, 2.75) is 84.7 Å². The lowest BCUT2D eigenvalue weighted by molar-refractivity contribution is -0.122. The summed E-state index contributed by atoms with van der Waals surface area (Å²) in [6.45, 7) is 12.8. The van der Waals surface area contributed by atoms with Gasteiger partial charge in [-0.1, -0.05) is 43.3 Å². The van der Waals surface area contributed by atoms with E-state index >= 15 is 0 Å². The van der Waals surface area contributed by atoms with Crippen LogP contribution in [0.3, 0.4) is 0 Å². The average molecular weight is 521 g/mol. The summed E-state index contributed by atoms with van der Waals surface area (Å²) in [6, 6.07) is 12.6. The largest absolute Gasteiger partial charge is 0.487 e. The number of nitrogens with zero attached hydrogens (tertiary/aromatic N) is 1. The van der Waals surface area contributed by atoms with E-state index in [1.165, 1.54) is 4.57 Å². The van der Waals surface area contributed by atoms with Crippen molar-refractivity contribution in [3.05, 3.63) is 65.4 Å². The molecular weight excluding hydrogens is 484 g/mol. The van der Waals surface area contributed by atoms with Gasteiger partial charge >= 0.3 is 12.2 Å². The van der Waals surface area contributed by atoms with Gasteiger partial charge in [0.1, 0.15) is 29.1 Å². The van der Waals surface area contributed by atoms with Crippen LogP contribution in [0.4, 0.5) is 9.59 Å². The Morgan fingerprint density at radius 2 is 1.63 bits per heavy atom. The Kier molecular flexibility index (Phi) is 7.28. The van der Waals surface area contributed by atoms with Gasteiger partial charge in [-0.15, -0.1) is 0 Å². The van der Waals surface area contributed by atoms with E-state index in [4.69, 9.17) is 14.2 Å². The molecule has 2 atom stereocenters. The second-order valence-electron chi connectivity index (χ2n) is 11.7. The first kappa shape index (κ1) is 27.2. The number of carbonyl (C=O) groups is 3. The highest BCUT2D eigenvalue weighted by Crippen LogP contribution is 2.40. The molecule has 0 fully saturated rings. The first-order valence-corrected chi connectivity index (χ1v) is 12.8. The number of nitrogens with one attached hydrogen (secondary N) is 1. The first-order chi connectivity index (χ1) is 17.7. The first-order valence-electron chi connectivity index (χ1n) is 12.8. The smallest absolute Gasteiger partial charge is 0.419 e. The molecule has 8 nitrogen and oxygen atoms in total. The molecule has 1 aliphatic rings. The van der Waals surface area contributed by atoms with Crippen LogP contribution in [-0.2, 0) is 27.3 Å². The van der Waals surface area contributed by atoms with Gasteiger partial charge in [0.05, 0.1) is 6.04 Å². The fourth-order valence-corrected chi connectivity index (χ4v) is 4.62. The number of benzene rings is 2. The summed E-state index contributed by atoms with van der Waals surface area (Å²) in [5, 5.41) is 3.50. The van der Waals surface area contributed by atoms with Crippen molar-refractivity contribution in [3.8, 4) is 5.75 Å². The van der Waals surface area contributed by atoms with E-state index in [2.05, 4.69) is 5.32 Å². The van der Waals surface area contributed by atoms with Crippen LogP contribution < -0.4 is 10.1 Å². The van der Waals surface area contributed by atoms with Crippen LogP contribution in [-0.4, -0.2) is 39.8 Å². The average Bonchev–Trinajstić information content (AvgIpc) is 3.15. The van der Waals surface area contributed by atoms with E-state index in [9.17, 15) is 14.4 Å². The Labute approximate surface area is 223 Å². The second kappa shape index (κ2) is 10.2. The number of aromatic nitrogens is 1. The summed E-state index contributed by atoms with van der Waals surface area (Å²) in [5.41, 5.74) is 1.62. The van der Waals surface area contributed by atoms with E-state index in [0.717, 1.165) is 22.1 Å². The molecule has 1 aromatic heterocycles. The third-order valence-corrected chi connectivity index (χ3v) is 6.20. The number of alkyl carbamates (subject to hydrolysis) is 1. The quantitative estimate of drug-likeness (QED) is 0.445. The van der Waals surface area contributed by atoms with Gasteiger partial charge in [-0.3, -0.25) is 4.79 Å². The van der Waals surface area contributed by atoms with Gasteiger partial charge in [0, 0.05) is 23.9 Å². The van der Waals surface area contributed by atoms with Crippen molar-refractivity contribution in [2.24, 2.45) is 0 Å². The molecular formula is C30H36N2O6. The summed E-state index contributed by atoms with van der Waals surface area (Å²) < 4.78 is 18.8. The van der Waals surface area contributed by atoms with Gasteiger partial charge < -0.3 is 19.5 Å². The summed E-state index contributed by atoms with van der Waals surface area (Å²) in [4.78, 5) is 39.4. The molecule has 0 aliphatic heterocycles. The molecule has 0 spiro atoms. The molecule has 38 heavy (non-hydrogen) atoms. The topological polar surface area (TPSA) is 95.9 Å². The molecule has 202 valence electrons. The molecule has 0 saturated carbocycles. The minimum absolute atomic E-state index is 0.130. The number of carbonyl (C=O) groups excluding carboxylic acids is 3. The van der Waals surface area contributed by atoms with Crippen molar-refractivity contribution in [2.75, 3.05) is 0 Å². The fraction of sp³-hybridized carbons (Fsp3) is 0.433. The zero-order valence-corrected chi connectivity index (χ0v) is 23.1. The number of ether oxygens (including phenoxy) is 3. The third-order valence-electron chi connectivity index (χ3n) is 6.20. The van der Waals surface area contributed by atoms with E-state index in [0.29, 0.717) is 17.9 Å². The highest BCUT2D eigenvalue weighted by molar-refractivity contribution is 6.04. The van der Waals surface area contributed by atoms with Crippen molar-refractivity contribution in [1.82, 2.24) is 9.88 Å². The Hall–Kier alpha value is -3.81. The standard InChI is InChI=1S/C30H36N2O6/c1-18-21-13-14-23(36-17-19-11-9-8-10-12-19)25-24(21)20(16-32(25)28(35)38-30(5,6)7)15-22(26(18)33)31-27(34)37-29(2,3)4/h8-14,16,18,22H,15,17H2,1-7H3,(H,31,34)/t18?,22-/m0/s1. The molecule has 1 N–H and O–H groups in total. The Bertz CT molecular complexity index is 1360. The lowest BCUT2D eigenvalue weighted by atomic mass is 9.92. The van der Waals surface area contributed by atoms with Crippen LogP contribution in [0.2, 0.25) is 0 Å². The van der Waals surface area contributed by atoms with Crippen LogP contribution in [0.5, 0.6) is 5.75 Å². The highest BCUT2D eigenvalue weighted by atomic mass is 16.6. The monoisotopic (exact) mass is 520 g/mol. The van der Waals surface area contributed by atoms with Gasteiger partial charge in [0.2, 0.25) is 0 Å². The maximum absolute atomic E-state index is 13.5. The SMILES string of the molecule is CC1C(=O)[C@@H](NC(=O)OC(C)(C)C)Cc2cn(C(=O)OC(C)(C)C)c3c(OCc4ccccc4)ccc1c23. The highest BCUT2D eigenvalue weighted by Gasteiger charge is 2.36. The lowest BCUT2D eigenvalue weighted by Gasteiger charge is -2.24. The zero-order valence-electron chi connectivity index (χ0n) is 23.1. The summed E-state index contributed by atoms with van der Waals surface area (Å²) in [5.74, 6) is -0.158. The van der Waals surface area contributed by atoms with E-state index < -0.39 is 35.3 Å². The molecule has 3 aromatic rings. The predicted octanol–water partition coefficient (Wildman–Crippen LogP) is 6.13. The Balaban J connectivity index is 1.79. The minimum Gasteiger partial charge on any atom is -0.487 e. The van der Waals surface area contributed by atoms with Crippen LogP contribution in [0.25, 0.3) is 10.9 Å². The minimum atomic E-state index is -0.821. The van der Waals surface area contributed by atoms with Gasteiger partial charge in [-0.25, -0.2) is 14.2 Å². The summed E-state index contributed by atoms with van der Waals surface area (Å²) in [6.07, 6.45) is 0.673. The molecule has 1 amide bonds. The van der Waals surface area contributed by atoms with Crippen molar-refractivity contribution >= 4 is 28.9 Å². The molecule has 2 aromatic carbocycles. The van der Waals surface area contributed by atoms with Gasteiger partial charge in [-0.2, -0.15) is 0 Å². The molecule has 0 saturated heterocycles. The molecule has 4 rings (SSSR count). The normalized spacial score (nSPS) is 17.6. The van der Waals surface area contributed by atoms with Crippen molar-refractivity contribution in [1.29, 1.82) is 0 Å². The van der Waals surface area contributed by atoms with E-state index in [1.54, 1.807) is 53.8 Å². The van der Waals surface area contributed by atoms with E-state index in [1.807, 2.05) is 43.3 Å². The van der Waals surface area contributed by atoms with Crippen molar-refractivity contribution < 1.29 is 28.6 Å². The predicted molar refractivity (Wildman–Crippen MR) is 145 cm³/mol. The number of hydrogen-bond donors (Lipinski definition) is 1. The van der Waals surface area contributed by atoms with E-state index in [-0.39, 0.29) is 12.2 Å². The lowest BCUT2D eigenvalue weighted by Crippen LogP contribution is -2.45. The number of amides is 1. The second-order valence-corrected chi connectivity index (χ2v) is 11.7. The molecule has 8 heteroatoms. The molecule has 0 bridgehead atoms. The number of ketones is 1. The number of hydrogen-bond acceptors (Lipinski definition) is 6. The maximum atomic E-state index is 13.5. The Morgan fingerprint density at radius 3 is 2.26 bits per heavy atom. The van der Waals surface area contributed by atoms with Crippen molar-refractivity contribution in [3.63, 3.8) is 0 Å². The van der Waals surface area contributed by atoms with Gasteiger partial charge in [-0.05, 0) is 64.3 Å². The molecule has 1 heterocycles. The Morgan fingerprint density at radius 1 is 0.974 bits per heavy atom. The summed E-state index contributed by atoms with van der Waals surface area (Å²) in [7, 11) is 0. The van der Waals surface area contributed by atoms with Gasteiger partial charge in [0.15, 0.2) is 5.78 Å². The van der Waals surface area contributed by atoms with Crippen LogP contribution >= 0.6 is 0 Å². The van der Waals surface area contributed by atoms with Gasteiger partial charge in [0.25, 0.3) is 0 Å².